The van der Waals surface area contributed by atoms with Crippen LogP contribution in [0, 0.1) is 39.0 Å². The summed E-state index contributed by atoms with van der Waals surface area (Å²) >= 11 is 0. The molecule has 0 aliphatic carbocycles. The molecule has 5 nitrogen and oxygen atoms in total. The van der Waals surface area contributed by atoms with Gasteiger partial charge in [-0.15, -0.1) is 0 Å². The lowest BCUT2D eigenvalue weighted by atomic mass is 10.1. The van der Waals surface area contributed by atoms with Gasteiger partial charge in [0.1, 0.15) is 17.7 Å². The average molecular weight is 367 g/mol. The molecule has 0 bridgehead atoms. The van der Waals surface area contributed by atoms with Gasteiger partial charge in [0.25, 0.3) is 0 Å². The van der Waals surface area contributed by atoms with Gasteiger partial charge in [-0.2, -0.15) is 5.26 Å². The highest BCUT2D eigenvalue weighted by atomic mass is 15.1. The van der Waals surface area contributed by atoms with Crippen LogP contribution in [-0.2, 0) is 0 Å². The second kappa shape index (κ2) is 6.82. The maximum absolute atomic E-state index is 9.74. The number of benzene rings is 1. The van der Waals surface area contributed by atoms with E-state index < -0.39 is 0 Å². The molecule has 0 saturated heterocycles. The molecule has 1 N–H and O–H groups in total. The third-order valence-corrected chi connectivity index (χ3v) is 4.91. The normalized spacial score (nSPS) is 11.8. The van der Waals surface area contributed by atoms with Crippen LogP contribution < -0.4 is 0 Å². The Kier molecular flexibility index (Phi) is 4.32. The molecule has 0 saturated carbocycles. The lowest BCUT2D eigenvalue weighted by molar-refractivity contribution is 0.918. The second-order valence-corrected chi connectivity index (χ2v) is 7.13. The Hall–Kier alpha value is -3.65. The summed E-state index contributed by atoms with van der Waals surface area (Å²) < 4.78 is 2.10. The van der Waals surface area contributed by atoms with E-state index in [0.29, 0.717) is 11.4 Å². The van der Waals surface area contributed by atoms with Crippen molar-refractivity contribution < 1.29 is 0 Å². The van der Waals surface area contributed by atoms with Crippen LogP contribution in [0.25, 0.3) is 28.5 Å². The Labute approximate surface area is 164 Å². The molecule has 0 atom stereocenters. The molecule has 4 aromatic rings. The third-order valence-electron chi connectivity index (χ3n) is 4.91. The first-order valence-electron chi connectivity index (χ1n) is 9.17. The zero-order valence-electron chi connectivity index (χ0n) is 16.4. The molecular formula is C23H21N5. The quantitative estimate of drug-likeness (QED) is 0.515. The van der Waals surface area contributed by atoms with Crippen LogP contribution in [0.15, 0.2) is 42.6 Å². The topological polar surface area (TPSA) is 70.3 Å². The molecule has 0 unspecified atom stereocenters. The predicted molar refractivity (Wildman–Crippen MR) is 112 cm³/mol. The van der Waals surface area contributed by atoms with E-state index in [9.17, 15) is 5.26 Å². The SMILES string of the molecule is Cc1ccc(-n2c(C)cc(/C=C(/C#N)c3nc4ccc(C)cc4[nH]3)c2C)nc1. The van der Waals surface area contributed by atoms with Crippen molar-refractivity contribution in [1.82, 2.24) is 19.5 Å². The van der Waals surface area contributed by atoms with Crippen LogP contribution in [0.2, 0.25) is 0 Å². The van der Waals surface area contributed by atoms with Gasteiger partial charge < -0.3 is 9.55 Å². The maximum atomic E-state index is 9.74. The number of nitrogens with one attached hydrogen (secondary N) is 1. The maximum Gasteiger partial charge on any atom is 0.149 e. The number of rotatable bonds is 3. The van der Waals surface area contributed by atoms with E-state index in [0.717, 1.165) is 44.9 Å². The van der Waals surface area contributed by atoms with Gasteiger partial charge in [-0.1, -0.05) is 12.1 Å². The first-order valence-corrected chi connectivity index (χ1v) is 9.17. The highest BCUT2D eigenvalue weighted by Crippen LogP contribution is 2.25. The summed E-state index contributed by atoms with van der Waals surface area (Å²) in [6.07, 6.45) is 3.75. The number of fused-ring (bicyclic) bond motifs is 1. The molecule has 0 spiro atoms. The Morgan fingerprint density at radius 3 is 2.57 bits per heavy atom. The van der Waals surface area contributed by atoms with E-state index in [1.807, 2.05) is 70.3 Å². The number of aromatic amines is 1. The Balaban J connectivity index is 1.79. The van der Waals surface area contributed by atoms with E-state index in [-0.39, 0.29) is 0 Å². The molecule has 3 aromatic heterocycles. The highest BCUT2D eigenvalue weighted by Gasteiger charge is 2.13. The number of aryl methyl sites for hydroxylation is 3. The van der Waals surface area contributed by atoms with Gasteiger partial charge in [-0.05, 0) is 74.7 Å². The Morgan fingerprint density at radius 1 is 1.07 bits per heavy atom. The summed E-state index contributed by atoms with van der Waals surface area (Å²) in [7, 11) is 0. The largest absolute Gasteiger partial charge is 0.337 e. The minimum Gasteiger partial charge on any atom is -0.337 e. The zero-order valence-corrected chi connectivity index (χ0v) is 16.4. The van der Waals surface area contributed by atoms with Crippen LogP contribution in [0.5, 0.6) is 0 Å². The molecule has 4 rings (SSSR count). The van der Waals surface area contributed by atoms with E-state index in [4.69, 9.17) is 0 Å². The van der Waals surface area contributed by atoms with Crippen molar-refractivity contribution in [2.24, 2.45) is 0 Å². The van der Waals surface area contributed by atoms with Gasteiger partial charge >= 0.3 is 0 Å². The van der Waals surface area contributed by atoms with Gasteiger partial charge in [0, 0.05) is 17.6 Å². The molecule has 138 valence electrons. The summed E-state index contributed by atoms with van der Waals surface area (Å²) in [5, 5.41) is 9.74. The second-order valence-electron chi connectivity index (χ2n) is 7.13. The van der Waals surface area contributed by atoms with Gasteiger partial charge in [0.2, 0.25) is 0 Å². The van der Waals surface area contributed by atoms with Crippen molar-refractivity contribution in [3.8, 4) is 11.9 Å². The molecule has 0 aliphatic heterocycles. The number of aromatic nitrogens is 4. The number of H-pyrrole nitrogens is 1. The van der Waals surface area contributed by atoms with Crippen molar-refractivity contribution in [3.05, 3.63) is 76.5 Å². The molecule has 3 heterocycles. The first-order chi connectivity index (χ1) is 13.5. The van der Waals surface area contributed by atoms with Gasteiger partial charge in [0.05, 0.1) is 16.6 Å². The van der Waals surface area contributed by atoms with Crippen molar-refractivity contribution in [3.63, 3.8) is 0 Å². The molecule has 0 aliphatic rings. The number of hydrogen-bond donors (Lipinski definition) is 1. The predicted octanol–water partition coefficient (Wildman–Crippen LogP) is 5.05. The van der Waals surface area contributed by atoms with Crippen LogP contribution in [-0.4, -0.2) is 19.5 Å². The smallest absolute Gasteiger partial charge is 0.149 e. The van der Waals surface area contributed by atoms with Gasteiger partial charge in [-0.3, -0.25) is 0 Å². The van der Waals surface area contributed by atoms with Crippen molar-refractivity contribution in [2.45, 2.75) is 27.7 Å². The lowest BCUT2D eigenvalue weighted by Crippen LogP contribution is -2.01. The Morgan fingerprint density at radius 2 is 1.86 bits per heavy atom. The summed E-state index contributed by atoms with van der Waals surface area (Å²) in [6, 6.07) is 14.4. The fourth-order valence-corrected chi connectivity index (χ4v) is 3.44. The van der Waals surface area contributed by atoms with Gasteiger partial charge in [0.15, 0.2) is 0 Å². The minimum atomic E-state index is 0.506. The number of imidazole rings is 1. The summed E-state index contributed by atoms with van der Waals surface area (Å²) in [6.45, 7) is 8.14. The van der Waals surface area contributed by atoms with E-state index in [1.165, 1.54) is 0 Å². The van der Waals surface area contributed by atoms with Gasteiger partial charge in [-0.25, -0.2) is 9.97 Å². The molecule has 1 aromatic carbocycles. The number of allylic oxidation sites excluding steroid dienone is 1. The fourth-order valence-electron chi connectivity index (χ4n) is 3.44. The molecule has 0 amide bonds. The summed E-state index contributed by atoms with van der Waals surface area (Å²) in [5.74, 6) is 1.46. The molecule has 5 heteroatoms. The average Bonchev–Trinajstić information content (AvgIpc) is 3.20. The first kappa shape index (κ1) is 17.7. The number of nitrogens with zero attached hydrogens (tertiary/aromatic N) is 4. The van der Waals surface area contributed by atoms with Crippen LogP contribution in [0.3, 0.4) is 0 Å². The van der Waals surface area contributed by atoms with E-state index in [2.05, 4.69) is 31.7 Å². The number of hydrogen-bond acceptors (Lipinski definition) is 3. The number of pyridine rings is 1. The molecule has 0 fully saturated rings. The van der Waals surface area contributed by atoms with Crippen LogP contribution in [0.4, 0.5) is 0 Å². The molecular weight excluding hydrogens is 346 g/mol. The molecule has 28 heavy (non-hydrogen) atoms. The Bertz CT molecular complexity index is 1250. The highest BCUT2D eigenvalue weighted by molar-refractivity contribution is 5.90. The summed E-state index contributed by atoms with van der Waals surface area (Å²) in [5.41, 5.74) is 7.66. The van der Waals surface area contributed by atoms with Crippen molar-refractivity contribution >= 4 is 22.7 Å². The van der Waals surface area contributed by atoms with E-state index >= 15 is 0 Å². The minimum absolute atomic E-state index is 0.506. The zero-order chi connectivity index (χ0) is 19.8. The van der Waals surface area contributed by atoms with E-state index in [1.54, 1.807) is 0 Å². The standard InChI is InChI=1S/C23H21N5/c1-14-5-7-20-21(9-14)27-23(26-20)19(12-24)11-18-10-16(3)28(17(18)4)22-8-6-15(2)13-25-22/h5-11,13H,1-4H3,(H,26,27)/b19-11-. The van der Waals surface area contributed by atoms with Crippen molar-refractivity contribution in [2.75, 3.05) is 0 Å². The van der Waals surface area contributed by atoms with Crippen LogP contribution >= 0.6 is 0 Å². The number of nitriles is 1. The van der Waals surface area contributed by atoms with Crippen LogP contribution in [0.1, 0.15) is 33.9 Å². The fraction of sp³-hybridized carbons (Fsp3) is 0.174. The summed E-state index contributed by atoms with van der Waals surface area (Å²) in [4.78, 5) is 12.4. The lowest BCUT2D eigenvalue weighted by Gasteiger charge is -2.08. The van der Waals surface area contributed by atoms with Crippen molar-refractivity contribution in [1.29, 1.82) is 5.26 Å². The molecule has 0 radical (unpaired) electrons. The third kappa shape index (κ3) is 3.10. The monoisotopic (exact) mass is 367 g/mol.